The zero-order chi connectivity index (χ0) is 10.3. The number of nitrogens with zero attached hydrogens (tertiary/aromatic N) is 1. The molecule has 0 radical (unpaired) electrons. The highest BCUT2D eigenvalue weighted by Gasteiger charge is 2.15. The summed E-state index contributed by atoms with van der Waals surface area (Å²) in [5.41, 5.74) is 1.33. The van der Waals surface area contributed by atoms with Gasteiger partial charge in [-0.3, -0.25) is 4.98 Å². The molecule has 1 aliphatic rings. The lowest BCUT2D eigenvalue weighted by atomic mass is 9.83. The summed E-state index contributed by atoms with van der Waals surface area (Å²) in [6, 6.07) is 4.14. The van der Waals surface area contributed by atoms with Crippen molar-refractivity contribution < 1.29 is 0 Å². The van der Waals surface area contributed by atoms with Gasteiger partial charge in [0.05, 0.1) is 0 Å². The van der Waals surface area contributed by atoms with Gasteiger partial charge in [-0.25, -0.2) is 0 Å². The van der Waals surface area contributed by atoms with E-state index in [1.807, 2.05) is 18.5 Å². The highest BCUT2D eigenvalue weighted by atomic mass is 14.8. The van der Waals surface area contributed by atoms with Crippen LogP contribution in [0, 0.1) is 5.92 Å². The zero-order valence-electron chi connectivity index (χ0n) is 9.28. The molecule has 1 heterocycles. The Balaban J connectivity index is 1.51. The van der Waals surface area contributed by atoms with Gasteiger partial charge in [-0.05, 0) is 43.5 Å². The van der Waals surface area contributed by atoms with E-state index in [0.717, 1.165) is 18.9 Å². The lowest BCUT2D eigenvalue weighted by Gasteiger charge is -2.25. The Bertz CT molecular complexity index is 267. The molecule has 82 valence electrons. The molecule has 2 heteroatoms. The number of aromatic nitrogens is 1. The van der Waals surface area contributed by atoms with Crippen molar-refractivity contribution in [3.8, 4) is 0 Å². The first kappa shape index (κ1) is 10.6. The van der Waals surface area contributed by atoms with Gasteiger partial charge < -0.3 is 5.32 Å². The molecule has 0 aromatic carbocycles. The fourth-order valence-corrected chi connectivity index (χ4v) is 1.99. The topological polar surface area (TPSA) is 24.9 Å². The van der Waals surface area contributed by atoms with Crippen LogP contribution in [0.3, 0.4) is 0 Å². The summed E-state index contributed by atoms with van der Waals surface area (Å²) in [6.07, 6.45) is 10.6. The van der Waals surface area contributed by atoms with Crippen LogP contribution in [0.1, 0.15) is 31.2 Å². The molecule has 15 heavy (non-hydrogen) atoms. The second kappa shape index (κ2) is 5.86. The smallest absolute Gasteiger partial charge is 0.0300 e. The molecule has 0 unspecified atom stereocenters. The van der Waals surface area contributed by atoms with Crippen molar-refractivity contribution in [1.29, 1.82) is 0 Å². The van der Waals surface area contributed by atoms with Crippen LogP contribution >= 0.6 is 0 Å². The van der Waals surface area contributed by atoms with Gasteiger partial charge in [0, 0.05) is 12.4 Å². The predicted molar refractivity (Wildman–Crippen MR) is 62.8 cm³/mol. The van der Waals surface area contributed by atoms with Crippen molar-refractivity contribution in [2.24, 2.45) is 5.92 Å². The summed E-state index contributed by atoms with van der Waals surface area (Å²) in [5.74, 6) is 1.02. The first-order chi connectivity index (χ1) is 7.45. The first-order valence-electron chi connectivity index (χ1n) is 6.05. The van der Waals surface area contributed by atoms with Gasteiger partial charge in [0.15, 0.2) is 0 Å². The minimum absolute atomic E-state index is 1.02. The molecule has 0 atom stereocenters. The molecule has 1 fully saturated rings. The number of hydrogen-bond donors (Lipinski definition) is 1. The van der Waals surface area contributed by atoms with E-state index >= 15 is 0 Å². The van der Waals surface area contributed by atoms with Crippen LogP contribution in [-0.4, -0.2) is 18.1 Å². The molecule has 1 N–H and O–H groups in total. The SMILES string of the molecule is c1cncc(CCNCCC2CCC2)c1. The molecule has 1 aromatic heterocycles. The molecular formula is C13H20N2. The third-order valence-corrected chi connectivity index (χ3v) is 3.27. The Morgan fingerprint density at radius 3 is 2.93 bits per heavy atom. The lowest BCUT2D eigenvalue weighted by molar-refractivity contribution is 0.292. The Labute approximate surface area is 92.1 Å². The van der Waals surface area contributed by atoms with E-state index in [4.69, 9.17) is 0 Å². The summed E-state index contributed by atoms with van der Waals surface area (Å²) in [7, 11) is 0. The maximum absolute atomic E-state index is 4.11. The monoisotopic (exact) mass is 204 g/mol. The second-order valence-electron chi connectivity index (χ2n) is 4.45. The molecule has 2 nitrogen and oxygen atoms in total. The summed E-state index contributed by atoms with van der Waals surface area (Å²) < 4.78 is 0. The standard InChI is InChI=1S/C13H20N2/c1-3-12(4-1)6-9-14-10-7-13-5-2-8-15-11-13/h2,5,8,11-12,14H,1,3-4,6-7,9-10H2. The zero-order valence-corrected chi connectivity index (χ0v) is 9.28. The van der Waals surface area contributed by atoms with Crippen molar-refractivity contribution >= 4 is 0 Å². The Morgan fingerprint density at radius 1 is 1.33 bits per heavy atom. The number of pyridine rings is 1. The Hall–Kier alpha value is -0.890. The van der Waals surface area contributed by atoms with E-state index in [-0.39, 0.29) is 0 Å². The summed E-state index contributed by atoms with van der Waals surface area (Å²) in [4.78, 5) is 4.11. The maximum Gasteiger partial charge on any atom is 0.0300 e. The third-order valence-electron chi connectivity index (χ3n) is 3.27. The minimum Gasteiger partial charge on any atom is -0.316 e. The fraction of sp³-hybridized carbons (Fsp3) is 0.615. The van der Waals surface area contributed by atoms with E-state index < -0.39 is 0 Å². The molecule has 0 amide bonds. The Kier molecular flexibility index (Phi) is 4.15. The van der Waals surface area contributed by atoms with Crippen LogP contribution in [0.4, 0.5) is 0 Å². The molecule has 0 saturated heterocycles. The second-order valence-corrected chi connectivity index (χ2v) is 4.45. The third kappa shape index (κ3) is 3.63. The van der Waals surface area contributed by atoms with Crippen LogP contribution in [-0.2, 0) is 6.42 Å². The highest BCUT2D eigenvalue weighted by molar-refractivity contribution is 5.08. The van der Waals surface area contributed by atoms with Gasteiger partial charge >= 0.3 is 0 Å². The molecule has 0 bridgehead atoms. The maximum atomic E-state index is 4.11. The van der Waals surface area contributed by atoms with Crippen LogP contribution in [0.5, 0.6) is 0 Å². The van der Waals surface area contributed by atoms with Crippen LogP contribution in [0.15, 0.2) is 24.5 Å². The van der Waals surface area contributed by atoms with Gasteiger partial charge in [-0.1, -0.05) is 25.3 Å². The molecule has 1 saturated carbocycles. The molecular weight excluding hydrogens is 184 g/mol. The van der Waals surface area contributed by atoms with E-state index in [0.29, 0.717) is 0 Å². The predicted octanol–water partition coefficient (Wildman–Crippen LogP) is 2.40. The van der Waals surface area contributed by atoms with Gasteiger partial charge in [0.2, 0.25) is 0 Å². The molecule has 1 aliphatic carbocycles. The lowest BCUT2D eigenvalue weighted by Crippen LogP contribution is -2.23. The van der Waals surface area contributed by atoms with E-state index in [2.05, 4.69) is 16.4 Å². The van der Waals surface area contributed by atoms with Crippen molar-refractivity contribution in [3.05, 3.63) is 30.1 Å². The summed E-state index contributed by atoms with van der Waals surface area (Å²) >= 11 is 0. The van der Waals surface area contributed by atoms with E-state index in [1.165, 1.54) is 37.8 Å². The van der Waals surface area contributed by atoms with Gasteiger partial charge in [0.25, 0.3) is 0 Å². The quantitative estimate of drug-likeness (QED) is 0.720. The van der Waals surface area contributed by atoms with Crippen LogP contribution in [0.25, 0.3) is 0 Å². The van der Waals surface area contributed by atoms with E-state index in [1.54, 1.807) is 0 Å². The summed E-state index contributed by atoms with van der Waals surface area (Å²) in [5, 5.41) is 3.51. The normalized spacial score (nSPS) is 16.3. The number of hydrogen-bond acceptors (Lipinski definition) is 2. The number of rotatable bonds is 6. The van der Waals surface area contributed by atoms with Crippen molar-refractivity contribution in [2.45, 2.75) is 32.1 Å². The Morgan fingerprint density at radius 2 is 2.27 bits per heavy atom. The number of nitrogens with one attached hydrogen (secondary N) is 1. The average molecular weight is 204 g/mol. The fourth-order valence-electron chi connectivity index (χ4n) is 1.99. The summed E-state index contributed by atoms with van der Waals surface area (Å²) in [6.45, 7) is 2.27. The van der Waals surface area contributed by atoms with Crippen LogP contribution in [0.2, 0.25) is 0 Å². The molecule has 2 rings (SSSR count). The highest BCUT2D eigenvalue weighted by Crippen LogP contribution is 2.28. The molecule has 0 aliphatic heterocycles. The van der Waals surface area contributed by atoms with Crippen LogP contribution < -0.4 is 5.32 Å². The first-order valence-corrected chi connectivity index (χ1v) is 6.05. The van der Waals surface area contributed by atoms with Crippen molar-refractivity contribution in [1.82, 2.24) is 10.3 Å². The van der Waals surface area contributed by atoms with E-state index in [9.17, 15) is 0 Å². The average Bonchev–Trinajstić information content (AvgIpc) is 2.22. The molecule has 0 spiro atoms. The van der Waals surface area contributed by atoms with Crippen molar-refractivity contribution in [3.63, 3.8) is 0 Å². The van der Waals surface area contributed by atoms with Gasteiger partial charge in [-0.15, -0.1) is 0 Å². The minimum atomic E-state index is 1.02. The van der Waals surface area contributed by atoms with Gasteiger partial charge in [-0.2, -0.15) is 0 Å². The van der Waals surface area contributed by atoms with Crippen molar-refractivity contribution in [2.75, 3.05) is 13.1 Å². The van der Waals surface area contributed by atoms with Gasteiger partial charge in [0.1, 0.15) is 0 Å². The largest absolute Gasteiger partial charge is 0.316 e. The molecule has 1 aromatic rings.